The number of nitrogens with zero attached hydrogens (tertiary/aromatic N) is 2. The average molecular weight is 368 g/mol. The van der Waals surface area contributed by atoms with Crippen molar-refractivity contribution in [1.82, 2.24) is 9.80 Å². The molecule has 2 aromatic carbocycles. The summed E-state index contributed by atoms with van der Waals surface area (Å²) in [5.41, 5.74) is 2.70. The minimum atomic E-state index is 0.0743. The molecule has 1 amide bonds. The fourth-order valence-electron chi connectivity index (χ4n) is 3.34. The lowest BCUT2D eigenvalue weighted by atomic mass is 10.1. The van der Waals surface area contributed by atoms with Crippen molar-refractivity contribution >= 4 is 5.91 Å². The molecule has 0 aliphatic carbocycles. The van der Waals surface area contributed by atoms with E-state index in [0.29, 0.717) is 12.2 Å². The number of likely N-dealkylation sites (N-methyl/N-ethyl adjacent to an activating group) is 1. The Hall–Kier alpha value is -2.53. The summed E-state index contributed by atoms with van der Waals surface area (Å²) in [4.78, 5) is 17.2. The van der Waals surface area contributed by atoms with E-state index in [-0.39, 0.29) is 5.91 Å². The third-order valence-corrected chi connectivity index (χ3v) is 5.02. The van der Waals surface area contributed by atoms with Crippen LogP contribution in [0.4, 0.5) is 0 Å². The Labute approximate surface area is 161 Å². The van der Waals surface area contributed by atoms with E-state index in [1.165, 1.54) is 0 Å². The average Bonchev–Trinajstić information content (AvgIpc) is 2.71. The van der Waals surface area contributed by atoms with Gasteiger partial charge in [0.25, 0.3) is 5.91 Å². The number of carbonyl (C=O) groups is 1. The molecule has 0 N–H and O–H groups in total. The molecule has 1 aliphatic rings. The van der Waals surface area contributed by atoms with Gasteiger partial charge in [0.1, 0.15) is 18.1 Å². The highest BCUT2D eigenvalue weighted by Crippen LogP contribution is 2.23. The maximum absolute atomic E-state index is 12.9. The third kappa shape index (κ3) is 4.80. The standard InChI is InChI=1S/C22H28N2O3/c1-4-23-10-12-24(13-11-23)22(25)18-8-9-21(26-3)19(15-18)16-27-20-7-5-6-17(2)14-20/h5-9,14-15H,4,10-13,16H2,1-3H3. The minimum absolute atomic E-state index is 0.0743. The zero-order chi connectivity index (χ0) is 19.2. The minimum Gasteiger partial charge on any atom is -0.496 e. The van der Waals surface area contributed by atoms with Gasteiger partial charge in [-0.05, 0) is 49.4 Å². The van der Waals surface area contributed by atoms with Gasteiger partial charge in [0, 0.05) is 37.3 Å². The lowest BCUT2D eigenvalue weighted by molar-refractivity contribution is 0.0643. The van der Waals surface area contributed by atoms with Crippen molar-refractivity contribution in [3.8, 4) is 11.5 Å². The fourth-order valence-corrected chi connectivity index (χ4v) is 3.34. The van der Waals surface area contributed by atoms with Crippen molar-refractivity contribution < 1.29 is 14.3 Å². The van der Waals surface area contributed by atoms with Crippen LogP contribution < -0.4 is 9.47 Å². The maximum Gasteiger partial charge on any atom is 0.253 e. The number of amides is 1. The SMILES string of the molecule is CCN1CCN(C(=O)c2ccc(OC)c(COc3cccc(C)c3)c2)CC1. The van der Waals surface area contributed by atoms with E-state index in [2.05, 4.69) is 11.8 Å². The molecule has 0 spiro atoms. The quantitative estimate of drug-likeness (QED) is 0.784. The molecule has 1 aliphatic heterocycles. The molecule has 1 saturated heterocycles. The van der Waals surface area contributed by atoms with Crippen LogP contribution >= 0.6 is 0 Å². The highest BCUT2D eigenvalue weighted by molar-refractivity contribution is 5.94. The third-order valence-electron chi connectivity index (χ3n) is 5.02. The first-order valence-corrected chi connectivity index (χ1v) is 9.48. The van der Waals surface area contributed by atoms with Gasteiger partial charge in [-0.1, -0.05) is 19.1 Å². The lowest BCUT2D eigenvalue weighted by Gasteiger charge is -2.34. The number of carbonyl (C=O) groups excluding carboxylic acids is 1. The van der Waals surface area contributed by atoms with Crippen molar-refractivity contribution in [2.45, 2.75) is 20.5 Å². The predicted molar refractivity (Wildman–Crippen MR) is 107 cm³/mol. The van der Waals surface area contributed by atoms with Gasteiger partial charge in [-0.3, -0.25) is 4.79 Å². The second-order valence-corrected chi connectivity index (χ2v) is 6.86. The molecule has 0 atom stereocenters. The number of piperazine rings is 1. The predicted octanol–water partition coefficient (Wildman–Crippen LogP) is 3.36. The molecule has 0 bridgehead atoms. The maximum atomic E-state index is 12.9. The number of hydrogen-bond acceptors (Lipinski definition) is 4. The molecule has 1 heterocycles. The summed E-state index contributed by atoms with van der Waals surface area (Å²) in [5.74, 6) is 1.62. The summed E-state index contributed by atoms with van der Waals surface area (Å²) < 4.78 is 11.4. The van der Waals surface area contributed by atoms with Gasteiger partial charge in [0.05, 0.1) is 7.11 Å². The molecule has 5 nitrogen and oxygen atoms in total. The topological polar surface area (TPSA) is 42.0 Å². The second-order valence-electron chi connectivity index (χ2n) is 6.86. The number of rotatable bonds is 6. The highest BCUT2D eigenvalue weighted by Gasteiger charge is 2.22. The summed E-state index contributed by atoms with van der Waals surface area (Å²) >= 11 is 0. The smallest absolute Gasteiger partial charge is 0.253 e. The number of benzene rings is 2. The first-order chi connectivity index (χ1) is 13.1. The number of methoxy groups -OCH3 is 1. The monoisotopic (exact) mass is 368 g/mol. The van der Waals surface area contributed by atoms with Crippen LogP contribution in [0.3, 0.4) is 0 Å². The first-order valence-electron chi connectivity index (χ1n) is 9.48. The van der Waals surface area contributed by atoms with E-state index in [4.69, 9.17) is 9.47 Å². The second kappa shape index (κ2) is 8.91. The van der Waals surface area contributed by atoms with Crippen LogP contribution in [0.15, 0.2) is 42.5 Å². The van der Waals surface area contributed by atoms with Gasteiger partial charge < -0.3 is 19.3 Å². The summed E-state index contributed by atoms with van der Waals surface area (Å²) in [6.07, 6.45) is 0. The van der Waals surface area contributed by atoms with Gasteiger partial charge in [-0.2, -0.15) is 0 Å². The summed E-state index contributed by atoms with van der Waals surface area (Å²) in [5, 5.41) is 0. The van der Waals surface area contributed by atoms with E-state index < -0.39 is 0 Å². The summed E-state index contributed by atoms with van der Waals surface area (Å²) in [6.45, 7) is 8.99. The van der Waals surface area contributed by atoms with Crippen LogP contribution in [-0.2, 0) is 6.61 Å². The molecule has 0 saturated carbocycles. The first kappa shape index (κ1) is 19.2. The molecule has 3 rings (SSSR count). The Morgan fingerprint density at radius 2 is 1.85 bits per heavy atom. The van der Waals surface area contributed by atoms with E-state index in [1.54, 1.807) is 7.11 Å². The van der Waals surface area contributed by atoms with Crippen molar-refractivity contribution in [2.24, 2.45) is 0 Å². The normalized spacial score (nSPS) is 14.9. The molecule has 5 heteroatoms. The largest absolute Gasteiger partial charge is 0.496 e. The van der Waals surface area contributed by atoms with Crippen molar-refractivity contribution in [3.63, 3.8) is 0 Å². The Kier molecular flexibility index (Phi) is 6.35. The van der Waals surface area contributed by atoms with Crippen LogP contribution in [-0.4, -0.2) is 55.5 Å². The van der Waals surface area contributed by atoms with Gasteiger partial charge in [-0.25, -0.2) is 0 Å². The van der Waals surface area contributed by atoms with Gasteiger partial charge in [0.15, 0.2) is 0 Å². The van der Waals surface area contributed by atoms with Crippen LogP contribution in [0.2, 0.25) is 0 Å². The Morgan fingerprint density at radius 1 is 1.07 bits per heavy atom. The van der Waals surface area contributed by atoms with Crippen molar-refractivity contribution in [2.75, 3.05) is 39.8 Å². The number of ether oxygens (including phenoxy) is 2. The van der Waals surface area contributed by atoms with Crippen molar-refractivity contribution in [1.29, 1.82) is 0 Å². The summed E-state index contributed by atoms with van der Waals surface area (Å²) in [7, 11) is 1.64. The number of hydrogen-bond donors (Lipinski definition) is 0. The van der Waals surface area contributed by atoms with Crippen molar-refractivity contribution in [3.05, 3.63) is 59.2 Å². The Bertz CT molecular complexity index is 783. The molecule has 27 heavy (non-hydrogen) atoms. The lowest BCUT2D eigenvalue weighted by Crippen LogP contribution is -2.48. The van der Waals surface area contributed by atoms with E-state index in [0.717, 1.165) is 55.3 Å². The highest BCUT2D eigenvalue weighted by atomic mass is 16.5. The van der Waals surface area contributed by atoms with E-state index in [1.807, 2.05) is 54.3 Å². The molecule has 0 aromatic heterocycles. The summed E-state index contributed by atoms with van der Waals surface area (Å²) in [6, 6.07) is 13.5. The Balaban J connectivity index is 1.72. The molecule has 1 fully saturated rings. The van der Waals surface area contributed by atoms with E-state index >= 15 is 0 Å². The van der Waals surface area contributed by atoms with Crippen LogP contribution in [0.1, 0.15) is 28.4 Å². The van der Waals surface area contributed by atoms with Crippen LogP contribution in [0.25, 0.3) is 0 Å². The molecular formula is C22H28N2O3. The zero-order valence-corrected chi connectivity index (χ0v) is 16.4. The molecule has 0 radical (unpaired) electrons. The number of aryl methyl sites for hydroxylation is 1. The fraction of sp³-hybridized carbons (Fsp3) is 0.409. The van der Waals surface area contributed by atoms with E-state index in [9.17, 15) is 4.79 Å². The zero-order valence-electron chi connectivity index (χ0n) is 16.4. The van der Waals surface area contributed by atoms with Crippen LogP contribution in [0, 0.1) is 6.92 Å². The van der Waals surface area contributed by atoms with Crippen LogP contribution in [0.5, 0.6) is 11.5 Å². The molecule has 0 unspecified atom stereocenters. The Morgan fingerprint density at radius 3 is 2.52 bits per heavy atom. The molecular weight excluding hydrogens is 340 g/mol. The van der Waals surface area contributed by atoms with Gasteiger partial charge >= 0.3 is 0 Å². The van der Waals surface area contributed by atoms with Gasteiger partial charge in [0.2, 0.25) is 0 Å². The molecule has 2 aromatic rings. The molecule has 144 valence electrons. The van der Waals surface area contributed by atoms with Gasteiger partial charge in [-0.15, -0.1) is 0 Å².